The summed E-state index contributed by atoms with van der Waals surface area (Å²) in [6.45, 7) is 5.89. The minimum Gasteiger partial charge on any atom is -0.493 e. The van der Waals surface area contributed by atoms with Gasteiger partial charge in [-0.1, -0.05) is 30.3 Å². The van der Waals surface area contributed by atoms with Crippen molar-refractivity contribution in [3.8, 4) is 11.5 Å². The SMILES string of the molecule is CN=C(NCC(NC(=O)OC(C)(C)C)c1ccccc1)Nc1ccc(OC)c(OC)c1. The van der Waals surface area contributed by atoms with Crippen LogP contribution in [0.15, 0.2) is 53.5 Å². The molecule has 168 valence electrons. The molecular formula is C23H32N4O4. The predicted molar refractivity (Wildman–Crippen MR) is 123 cm³/mol. The Hall–Kier alpha value is -3.42. The van der Waals surface area contributed by atoms with Crippen molar-refractivity contribution in [2.75, 3.05) is 33.1 Å². The number of methoxy groups -OCH3 is 2. The van der Waals surface area contributed by atoms with Crippen LogP contribution in [0.2, 0.25) is 0 Å². The summed E-state index contributed by atoms with van der Waals surface area (Å²) < 4.78 is 16.0. The van der Waals surface area contributed by atoms with Gasteiger partial charge in [-0.15, -0.1) is 0 Å². The molecule has 0 aliphatic rings. The van der Waals surface area contributed by atoms with Crippen LogP contribution in [0.5, 0.6) is 11.5 Å². The van der Waals surface area contributed by atoms with E-state index in [1.54, 1.807) is 21.3 Å². The number of rotatable bonds is 7. The molecule has 0 bridgehead atoms. The molecule has 0 saturated carbocycles. The first-order valence-electron chi connectivity index (χ1n) is 10.00. The van der Waals surface area contributed by atoms with E-state index in [4.69, 9.17) is 14.2 Å². The lowest BCUT2D eigenvalue weighted by Crippen LogP contribution is -2.42. The summed E-state index contributed by atoms with van der Waals surface area (Å²) in [7, 11) is 4.85. The number of hydrogen-bond donors (Lipinski definition) is 3. The number of alkyl carbamates (subject to hydrolysis) is 1. The second-order valence-corrected chi connectivity index (χ2v) is 7.76. The fraction of sp³-hybridized carbons (Fsp3) is 0.391. The smallest absolute Gasteiger partial charge is 0.408 e. The van der Waals surface area contributed by atoms with Gasteiger partial charge in [-0.25, -0.2) is 4.79 Å². The van der Waals surface area contributed by atoms with Gasteiger partial charge in [-0.2, -0.15) is 0 Å². The molecule has 0 spiro atoms. The molecule has 0 aliphatic heterocycles. The summed E-state index contributed by atoms with van der Waals surface area (Å²) in [6.07, 6.45) is -0.481. The van der Waals surface area contributed by atoms with Gasteiger partial charge >= 0.3 is 6.09 Å². The van der Waals surface area contributed by atoms with Crippen LogP contribution in [-0.2, 0) is 4.74 Å². The van der Waals surface area contributed by atoms with E-state index in [2.05, 4.69) is 20.9 Å². The fourth-order valence-electron chi connectivity index (χ4n) is 2.82. The summed E-state index contributed by atoms with van der Waals surface area (Å²) in [5.41, 5.74) is 1.15. The number of nitrogens with zero attached hydrogens (tertiary/aromatic N) is 1. The standard InChI is InChI=1S/C23H32N4O4/c1-23(2,3)31-22(28)27-18(16-10-8-7-9-11-16)15-25-21(24-4)26-17-12-13-19(29-5)20(14-17)30-6/h7-14,18H,15H2,1-6H3,(H,27,28)(H2,24,25,26). The van der Waals surface area contributed by atoms with E-state index in [-0.39, 0.29) is 6.04 Å². The third-order valence-corrected chi connectivity index (χ3v) is 4.24. The Morgan fingerprint density at radius 2 is 1.71 bits per heavy atom. The molecule has 2 aromatic carbocycles. The topological polar surface area (TPSA) is 93.2 Å². The number of benzene rings is 2. The van der Waals surface area contributed by atoms with Crippen molar-refractivity contribution in [3.05, 3.63) is 54.1 Å². The Balaban J connectivity index is 2.09. The molecule has 1 unspecified atom stereocenters. The molecule has 31 heavy (non-hydrogen) atoms. The maximum Gasteiger partial charge on any atom is 0.408 e. The van der Waals surface area contributed by atoms with Gasteiger partial charge in [0.1, 0.15) is 5.60 Å². The fourth-order valence-corrected chi connectivity index (χ4v) is 2.82. The zero-order valence-corrected chi connectivity index (χ0v) is 19.0. The van der Waals surface area contributed by atoms with Crippen molar-refractivity contribution in [1.29, 1.82) is 0 Å². The Morgan fingerprint density at radius 3 is 2.29 bits per heavy atom. The van der Waals surface area contributed by atoms with Crippen molar-refractivity contribution in [3.63, 3.8) is 0 Å². The molecule has 0 aliphatic carbocycles. The predicted octanol–water partition coefficient (Wildman–Crippen LogP) is 3.96. The van der Waals surface area contributed by atoms with Crippen LogP contribution in [-0.4, -0.2) is 45.5 Å². The molecule has 1 atom stereocenters. The van der Waals surface area contributed by atoms with Crippen LogP contribution in [0.3, 0.4) is 0 Å². The van der Waals surface area contributed by atoms with Crippen molar-refractivity contribution in [1.82, 2.24) is 10.6 Å². The monoisotopic (exact) mass is 428 g/mol. The van der Waals surface area contributed by atoms with Crippen molar-refractivity contribution >= 4 is 17.7 Å². The van der Waals surface area contributed by atoms with Gasteiger partial charge in [-0.3, -0.25) is 4.99 Å². The van der Waals surface area contributed by atoms with Crippen LogP contribution in [0.25, 0.3) is 0 Å². The van der Waals surface area contributed by atoms with E-state index >= 15 is 0 Å². The molecule has 2 rings (SSSR count). The Bertz CT molecular complexity index is 879. The lowest BCUT2D eigenvalue weighted by Gasteiger charge is -2.25. The average Bonchev–Trinajstić information content (AvgIpc) is 2.74. The Kier molecular flexibility index (Phi) is 8.54. The van der Waals surface area contributed by atoms with Gasteiger partial charge in [0.25, 0.3) is 0 Å². The molecule has 0 saturated heterocycles. The molecule has 0 aromatic heterocycles. The number of hydrogen-bond acceptors (Lipinski definition) is 5. The van der Waals surface area contributed by atoms with Crippen LogP contribution in [0.4, 0.5) is 10.5 Å². The summed E-state index contributed by atoms with van der Waals surface area (Å²) >= 11 is 0. The van der Waals surface area contributed by atoms with E-state index in [1.807, 2.05) is 69.3 Å². The Labute approximate surface area is 184 Å². The number of anilines is 1. The highest BCUT2D eigenvalue weighted by molar-refractivity contribution is 5.93. The highest BCUT2D eigenvalue weighted by Crippen LogP contribution is 2.29. The molecule has 2 aromatic rings. The third kappa shape index (κ3) is 7.73. The van der Waals surface area contributed by atoms with Crippen molar-refractivity contribution < 1.29 is 19.0 Å². The molecule has 1 amide bonds. The number of aliphatic imine (C=N–C) groups is 1. The zero-order chi connectivity index (χ0) is 22.9. The van der Waals surface area contributed by atoms with E-state index < -0.39 is 11.7 Å². The zero-order valence-electron chi connectivity index (χ0n) is 19.0. The molecule has 0 radical (unpaired) electrons. The maximum absolute atomic E-state index is 12.3. The van der Waals surface area contributed by atoms with Crippen LogP contribution < -0.4 is 25.4 Å². The number of ether oxygens (including phenoxy) is 3. The van der Waals surface area contributed by atoms with Gasteiger partial charge in [0, 0.05) is 25.3 Å². The summed E-state index contributed by atoms with van der Waals surface area (Å²) in [5.74, 6) is 1.79. The summed E-state index contributed by atoms with van der Waals surface area (Å²) in [6, 6.07) is 14.9. The van der Waals surface area contributed by atoms with Gasteiger partial charge in [-0.05, 0) is 38.5 Å². The summed E-state index contributed by atoms with van der Waals surface area (Å²) in [5, 5.41) is 9.38. The number of amides is 1. The maximum atomic E-state index is 12.3. The van der Waals surface area contributed by atoms with Gasteiger partial charge in [0.2, 0.25) is 0 Å². The first-order valence-corrected chi connectivity index (χ1v) is 10.00. The van der Waals surface area contributed by atoms with E-state index in [0.29, 0.717) is 24.0 Å². The molecule has 3 N–H and O–H groups in total. The number of guanidine groups is 1. The molecular weight excluding hydrogens is 396 g/mol. The largest absolute Gasteiger partial charge is 0.493 e. The highest BCUT2D eigenvalue weighted by Gasteiger charge is 2.21. The first kappa shape index (κ1) is 23.9. The lowest BCUT2D eigenvalue weighted by atomic mass is 10.1. The van der Waals surface area contributed by atoms with Crippen molar-refractivity contribution in [2.24, 2.45) is 4.99 Å². The third-order valence-electron chi connectivity index (χ3n) is 4.24. The minimum absolute atomic E-state index is 0.319. The summed E-state index contributed by atoms with van der Waals surface area (Å²) in [4.78, 5) is 16.6. The van der Waals surface area contributed by atoms with Crippen LogP contribution >= 0.6 is 0 Å². The van der Waals surface area contributed by atoms with Crippen molar-refractivity contribution in [2.45, 2.75) is 32.4 Å². The van der Waals surface area contributed by atoms with Crippen LogP contribution in [0, 0.1) is 0 Å². The quantitative estimate of drug-likeness (QED) is 0.457. The number of nitrogens with one attached hydrogen (secondary N) is 3. The van der Waals surface area contributed by atoms with Gasteiger partial charge < -0.3 is 30.2 Å². The van der Waals surface area contributed by atoms with E-state index in [0.717, 1.165) is 11.3 Å². The average molecular weight is 429 g/mol. The second kappa shape index (κ2) is 11.1. The van der Waals surface area contributed by atoms with Gasteiger partial charge in [0.05, 0.1) is 20.3 Å². The Morgan fingerprint density at radius 1 is 1.03 bits per heavy atom. The highest BCUT2D eigenvalue weighted by atomic mass is 16.6. The molecule has 8 heteroatoms. The molecule has 0 heterocycles. The number of carbonyl (C=O) groups excluding carboxylic acids is 1. The lowest BCUT2D eigenvalue weighted by molar-refractivity contribution is 0.0504. The molecule has 0 fully saturated rings. The van der Waals surface area contributed by atoms with Gasteiger partial charge in [0.15, 0.2) is 17.5 Å². The van der Waals surface area contributed by atoms with E-state index in [9.17, 15) is 4.79 Å². The molecule has 8 nitrogen and oxygen atoms in total. The second-order valence-electron chi connectivity index (χ2n) is 7.76. The normalized spacial score (nSPS) is 12.5. The van der Waals surface area contributed by atoms with E-state index in [1.165, 1.54) is 0 Å². The van der Waals surface area contributed by atoms with Crippen LogP contribution in [0.1, 0.15) is 32.4 Å². The first-order chi connectivity index (χ1) is 14.8. The number of carbonyl (C=O) groups is 1. The minimum atomic E-state index is -0.580.